The molecule has 1 aliphatic rings. The van der Waals surface area contributed by atoms with Crippen molar-refractivity contribution < 1.29 is 14.3 Å². The van der Waals surface area contributed by atoms with Gasteiger partial charge >= 0.3 is 0 Å². The minimum Gasteiger partial charge on any atom is -0.467 e. The second-order valence-corrected chi connectivity index (χ2v) is 6.73. The van der Waals surface area contributed by atoms with Gasteiger partial charge in [0.05, 0.1) is 12.3 Å². The van der Waals surface area contributed by atoms with Gasteiger partial charge in [-0.3, -0.25) is 9.69 Å². The summed E-state index contributed by atoms with van der Waals surface area (Å²) in [7, 11) is 0. The molecule has 0 bridgehead atoms. The summed E-state index contributed by atoms with van der Waals surface area (Å²) < 4.78 is 5.17. The minimum absolute atomic E-state index is 0.0287. The molecule has 1 amide bonds. The second-order valence-electron chi connectivity index (χ2n) is 5.50. The van der Waals surface area contributed by atoms with Gasteiger partial charge in [-0.1, -0.05) is 0 Å². The maximum absolute atomic E-state index is 12.3. The fourth-order valence-electron chi connectivity index (χ4n) is 2.48. The van der Waals surface area contributed by atoms with Crippen LogP contribution in [0.25, 0.3) is 0 Å². The number of amides is 1. The standard InChI is InChI=1S/C15H24N2O3S/c1-11(10-13(18)14-4-3-7-20-14)16-15(19)12(2)17-5-8-21-9-6-17/h3-4,7,11-13,18H,5-6,8-10H2,1-2H3,(H,16,19). The Morgan fingerprint density at radius 1 is 1.48 bits per heavy atom. The molecule has 1 saturated heterocycles. The predicted octanol–water partition coefficient (Wildman–Crippen LogP) is 1.65. The maximum Gasteiger partial charge on any atom is 0.237 e. The molecule has 5 nitrogen and oxygen atoms in total. The summed E-state index contributed by atoms with van der Waals surface area (Å²) in [4.78, 5) is 14.5. The highest BCUT2D eigenvalue weighted by Gasteiger charge is 2.24. The molecule has 0 saturated carbocycles. The van der Waals surface area contributed by atoms with Crippen LogP contribution in [0.4, 0.5) is 0 Å². The quantitative estimate of drug-likeness (QED) is 0.836. The zero-order valence-electron chi connectivity index (χ0n) is 12.6. The first kappa shape index (κ1) is 16.4. The van der Waals surface area contributed by atoms with E-state index in [1.165, 1.54) is 6.26 Å². The fourth-order valence-corrected chi connectivity index (χ4v) is 3.42. The number of furan rings is 1. The topological polar surface area (TPSA) is 65.7 Å². The Bertz CT molecular complexity index is 432. The van der Waals surface area contributed by atoms with Crippen molar-refractivity contribution in [2.45, 2.75) is 38.5 Å². The molecule has 6 heteroatoms. The largest absolute Gasteiger partial charge is 0.467 e. The molecule has 1 aromatic heterocycles. The van der Waals surface area contributed by atoms with Crippen molar-refractivity contribution in [1.29, 1.82) is 0 Å². The van der Waals surface area contributed by atoms with Crippen LogP contribution >= 0.6 is 11.8 Å². The van der Waals surface area contributed by atoms with E-state index in [1.54, 1.807) is 12.1 Å². The van der Waals surface area contributed by atoms with E-state index in [-0.39, 0.29) is 18.0 Å². The van der Waals surface area contributed by atoms with Gasteiger partial charge in [-0.05, 0) is 26.0 Å². The molecular weight excluding hydrogens is 288 g/mol. The molecule has 3 unspecified atom stereocenters. The Labute approximate surface area is 130 Å². The SMILES string of the molecule is CC(CC(O)c1ccco1)NC(=O)C(C)N1CCSCC1. The van der Waals surface area contributed by atoms with Crippen molar-refractivity contribution in [3.05, 3.63) is 24.2 Å². The molecule has 1 fully saturated rings. The van der Waals surface area contributed by atoms with Crippen molar-refractivity contribution in [1.82, 2.24) is 10.2 Å². The first-order valence-electron chi connectivity index (χ1n) is 7.41. The molecule has 0 aliphatic carbocycles. The van der Waals surface area contributed by atoms with Gasteiger partial charge in [0.25, 0.3) is 0 Å². The maximum atomic E-state index is 12.3. The average molecular weight is 312 g/mol. The number of aliphatic hydroxyl groups excluding tert-OH is 1. The Morgan fingerprint density at radius 3 is 2.81 bits per heavy atom. The smallest absolute Gasteiger partial charge is 0.237 e. The molecule has 0 aromatic carbocycles. The monoisotopic (exact) mass is 312 g/mol. The van der Waals surface area contributed by atoms with Crippen molar-refractivity contribution in [2.24, 2.45) is 0 Å². The summed E-state index contributed by atoms with van der Waals surface area (Å²) in [5.74, 6) is 2.74. The van der Waals surface area contributed by atoms with Gasteiger partial charge in [-0.2, -0.15) is 11.8 Å². The zero-order valence-corrected chi connectivity index (χ0v) is 13.4. The van der Waals surface area contributed by atoms with Crippen LogP contribution in [-0.4, -0.2) is 52.6 Å². The first-order valence-corrected chi connectivity index (χ1v) is 8.57. The van der Waals surface area contributed by atoms with E-state index < -0.39 is 6.10 Å². The van der Waals surface area contributed by atoms with Crippen LogP contribution < -0.4 is 5.32 Å². The van der Waals surface area contributed by atoms with E-state index in [0.29, 0.717) is 12.2 Å². The van der Waals surface area contributed by atoms with E-state index in [2.05, 4.69) is 10.2 Å². The summed E-state index contributed by atoms with van der Waals surface area (Å²) in [5.41, 5.74) is 0. The van der Waals surface area contributed by atoms with Crippen LogP contribution in [0.3, 0.4) is 0 Å². The van der Waals surface area contributed by atoms with Crippen molar-refractivity contribution >= 4 is 17.7 Å². The lowest BCUT2D eigenvalue weighted by Crippen LogP contribution is -2.50. The van der Waals surface area contributed by atoms with Crippen LogP contribution in [0.5, 0.6) is 0 Å². The Morgan fingerprint density at radius 2 is 2.19 bits per heavy atom. The highest BCUT2D eigenvalue weighted by Crippen LogP contribution is 2.18. The number of thioether (sulfide) groups is 1. The normalized spacial score (nSPS) is 20.7. The average Bonchev–Trinajstić information content (AvgIpc) is 3.01. The number of carbonyl (C=O) groups is 1. The highest BCUT2D eigenvalue weighted by molar-refractivity contribution is 7.99. The summed E-state index contributed by atoms with van der Waals surface area (Å²) in [6.45, 7) is 5.77. The fraction of sp³-hybridized carbons (Fsp3) is 0.667. The third-order valence-corrected chi connectivity index (χ3v) is 4.75. The number of carbonyl (C=O) groups excluding carboxylic acids is 1. The zero-order chi connectivity index (χ0) is 15.2. The summed E-state index contributed by atoms with van der Waals surface area (Å²) in [6.07, 6.45) is 1.30. The van der Waals surface area contributed by atoms with E-state index in [4.69, 9.17) is 4.42 Å². The minimum atomic E-state index is -0.683. The lowest BCUT2D eigenvalue weighted by molar-refractivity contribution is -0.126. The van der Waals surface area contributed by atoms with Crippen LogP contribution in [0.1, 0.15) is 32.1 Å². The highest BCUT2D eigenvalue weighted by atomic mass is 32.2. The summed E-state index contributed by atoms with van der Waals surface area (Å²) >= 11 is 1.93. The lowest BCUT2D eigenvalue weighted by Gasteiger charge is -2.32. The number of hydrogen-bond donors (Lipinski definition) is 2. The molecule has 3 atom stereocenters. The van der Waals surface area contributed by atoms with Crippen molar-refractivity contribution in [2.75, 3.05) is 24.6 Å². The molecule has 1 aliphatic heterocycles. The third kappa shape index (κ3) is 4.76. The van der Waals surface area contributed by atoms with Crippen LogP contribution in [0, 0.1) is 0 Å². The molecule has 0 radical (unpaired) electrons. The molecule has 2 N–H and O–H groups in total. The van der Waals surface area contributed by atoms with Crippen LogP contribution in [0.2, 0.25) is 0 Å². The molecular formula is C15H24N2O3S. The molecule has 0 spiro atoms. The van der Waals surface area contributed by atoms with Gasteiger partial charge in [0.2, 0.25) is 5.91 Å². The Kier molecular flexibility index (Phi) is 6.14. The Hall–Kier alpha value is -0.980. The van der Waals surface area contributed by atoms with E-state index in [1.807, 2.05) is 25.6 Å². The van der Waals surface area contributed by atoms with Crippen LogP contribution in [0.15, 0.2) is 22.8 Å². The van der Waals surface area contributed by atoms with Gasteiger partial charge in [0, 0.05) is 37.1 Å². The number of aliphatic hydroxyl groups is 1. The summed E-state index contributed by atoms with van der Waals surface area (Å²) in [5, 5.41) is 13.0. The summed E-state index contributed by atoms with van der Waals surface area (Å²) in [6, 6.07) is 3.28. The van der Waals surface area contributed by atoms with E-state index in [0.717, 1.165) is 24.6 Å². The number of nitrogens with one attached hydrogen (secondary N) is 1. The number of hydrogen-bond acceptors (Lipinski definition) is 5. The van der Waals surface area contributed by atoms with Gasteiger partial charge in [-0.15, -0.1) is 0 Å². The van der Waals surface area contributed by atoms with Crippen molar-refractivity contribution in [3.63, 3.8) is 0 Å². The van der Waals surface area contributed by atoms with E-state index in [9.17, 15) is 9.90 Å². The van der Waals surface area contributed by atoms with Gasteiger partial charge in [0.1, 0.15) is 11.9 Å². The van der Waals surface area contributed by atoms with E-state index >= 15 is 0 Å². The van der Waals surface area contributed by atoms with Crippen LogP contribution in [-0.2, 0) is 4.79 Å². The molecule has 1 aromatic rings. The number of nitrogens with zero attached hydrogens (tertiary/aromatic N) is 1. The van der Waals surface area contributed by atoms with Gasteiger partial charge < -0.3 is 14.8 Å². The van der Waals surface area contributed by atoms with Gasteiger partial charge in [-0.25, -0.2) is 0 Å². The lowest BCUT2D eigenvalue weighted by atomic mass is 10.1. The molecule has 2 rings (SSSR count). The predicted molar refractivity (Wildman–Crippen MR) is 84.2 cm³/mol. The Balaban J connectivity index is 1.78. The van der Waals surface area contributed by atoms with Gasteiger partial charge in [0.15, 0.2) is 0 Å². The second kappa shape index (κ2) is 7.87. The van der Waals surface area contributed by atoms with Crippen molar-refractivity contribution in [3.8, 4) is 0 Å². The number of rotatable bonds is 6. The third-order valence-electron chi connectivity index (χ3n) is 3.81. The molecule has 21 heavy (non-hydrogen) atoms. The first-order chi connectivity index (χ1) is 10.1. The molecule has 2 heterocycles. The molecule has 118 valence electrons.